The van der Waals surface area contributed by atoms with Crippen molar-refractivity contribution in [3.05, 3.63) is 0 Å². The van der Waals surface area contributed by atoms with E-state index in [0.717, 1.165) is 6.42 Å². The third-order valence-corrected chi connectivity index (χ3v) is 1.67. The summed E-state index contributed by atoms with van der Waals surface area (Å²) in [4.78, 5) is 10.8. The fourth-order valence-electron chi connectivity index (χ4n) is 0.781. The van der Waals surface area contributed by atoms with E-state index in [1.165, 1.54) is 0 Å². The lowest BCUT2D eigenvalue weighted by atomic mass is 10.0. The smallest absolute Gasteiger partial charge is 0.147 e. The van der Waals surface area contributed by atoms with E-state index in [1.54, 1.807) is 6.92 Å². The van der Waals surface area contributed by atoms with Crippen molar-refractivity contribution in [1.29, 1.82) is 0 Å². The predicted molar refractivity (Wildman–Crippen MR) is 58.5 cm³/mol. The second kappa shape index (κ2) is 7.00. The topological polar surface area (TPSA) is 29.1 Å². The maximum atomic E-state index is 10.8. The van der Waals surface area contributed by atoms with Crippen LogP contribution in [0.1, 0.15) is 28.6 Å². The van der Waals surface area contributed by atoms with E-state index in [9.17, 15) is 4.79 Å². The van der Waals surface area contributed by atoms with Crippen LogP contribution in [0.2, 0.25) is 0 Å². The van der Waals surface area contributed by atoms with E-state index in [1.807, 2.05) is 0 Å². The molecule has 0 aromatic heterocycles. The molecule has 0 radical (unpaired) electrons. The van der Waals surface area contributed by atoms with Crippen LogP contribution in [0.5, 0.6) is 0 Å². The van der Waals surface area contributed by atoms with Gasteiger partial charge >= 0.3 is 0 Å². The van der Waals surface area contributed by atoms with E-state index >= 15 is 0 Å². The van der Waals surface area contributed by atoms with E-state index < -0.39 is 0 Å². The molecule has 0 aliphatic heterocycles. The molecule has 0 saturated heterocycles. The van der Waals surface area contributed by atoms with E-state index in [0.29, 0.717) is 5.92 Å². The maximum Gasteiger partial charge on any atom is 0.147 e. The van der Waals surface area contributed by atoms with Gasteiger partial charge < -0.3 is 0 Å². The number of nitrogens with one attached hydrogen (secondary N) is 1. The summed E-state index contributed by atoms with van der Waals surface area (Å²) in [5, 5.41) is 0. The van der Waals surface area contributed by atoms with Gasteiger partial charge in [0, 0.05) is 1.43 Å². The van der Waals surface area contributed by atoms with Crippen molar-refractivity contribution in [3.8, 4) is 0 Å². The molecule has 0 aliphatic rings. The Balaban J connectivity index is -0.000000405. The van der Waals surface area contributed by atoms with Gasteiger partial charge in [0.15, 0.2) is 0 Å². The van der Waals surface area contributed by atoms with Gasteiger partial charge in [-0.15, -0.1) is 0 Å². The summed E-state index contributed by atoms with van der Waals surface area (Å²) in [6.45, 7) is 5.75. The number of carbonyl (C=O) groups excluding carboxylic acids is 1. The van der Waals surface area contributed by atoms with Crippen molar-refractivity contribution in [2.45, 2.75) is 33.2 Å². The number of carbonyl (C=O) groups is 1. The summed E-state index contributed by atoms with van der Waals surface area (Å²) < 4.78 is 2.68. The van der Waals surface area contributed by atoms with Crippen molar-refractivity contribution in [2.24, 2.45) is 5.92 Å². The Bertz CT molecular complexity index is 122. The van der Waals surface area contributed by atoms with Crippen molar-refractivity contribution >= 4 is 32.1 Å². The van der Waals surface area contributed by atoms with Gasteiger partial charge in [0.05, 0.1) is 6.04 Å². The molecule has 0 spiro atoms. The Morgan fingerprint density at radius 2 is 2.09 bits per heavy atom. The van der Waals surface area contributed by atoms with Gasteiger partial charge in [-0.3, -0.25) is 9.52 Å². The first kappa shape index (κ1) is 13.9. The van der Waals surface area contributed by atoms with Gasteiger partial charge in [-0.2, -0.15) is 13.5 Å². The van der Waals surface area contributed by atoms with E-state index in [2.05, 4.69) is 31.4 Å². The summed E-state index contributed by atoms with van der Waals surface area (Å²) in [6, 6.07) is -0.0802. The molecule has 0 unspecified atom stereocenters. The van der Waals surface area contributed by atoms with Crippen LogP contribution >= 0.6 is 26.3 Å². The van der Waals surface area contributed by atoms with Crippen LogP contribution in [0.15, 0.2) is 0 Å². The quantitative estimate of drug-likeness (QED) is 0.673. The van der Waals surface area contributed by atoms with Crippen molar-refractivity contribution in [3.63, 3.8) is 0 Å². The largest absolute Gasteiger partial charge is 0.298 e. The zero-order valence-electron chi connectivity index (χ0n) is 7.22. The number of ketones is 1. The van der Waals surface area contributed by atoms with Gasteiger partial charge in [0.2, 0.25) is 0 Å². The minimum absolute atomic E-state index is 0. The number of hydrogen-bond acceptors (Lipinski definition) is 3. The Morgan fingerprint density at radius 3 is 2.18 bits per heavy atom. The molecule has 0 aromatic rings. The zero-order valence-corrected chi connectivity index (χ0v) is 9.11. The fraction of sp³-hybridized carbons (Fsp3) is 0.857. The number of Topliss-reactive ketones (excluding diaryl/α,β-unsaturated/α-hetero) is 1. The molecule has 4 heteroatoms. The first-order valence-electron chi connectivity index (χ1n) is 3.48. The van der Waals surface area contributed by atoms with Gasteiger partial charge in [-0.1, -0.05) is 26.7 Å². The molecule has 0 bridgehead atoms. The lowest BCUT2D eigenvalue weighted by Crippen LogP contribution is -2.30. The van der Waals surface area contributed by atoms with Gasteiger partial charge in [-0.25, -0.2) is 0 Å². The Kier molecular flexibility index (Phi) is 8.84. The monoisotopic (exact) mass is 197 g/mol. The number of hydrogen-bond donors (Lipinski definition) is 2. The zero-order chi connectivity index (χ0) is 8.15. The minimum Gasteiger partial charge on any atom is -0.298 e. The Hall–Kier alpha value is 0.330. The maximum absolute atomic E-state index is 10.8. The van der Waals surface area contributed by atoms with Gasteiger partial charge in [0.25, 0.3) is 0 Å². The third-order valence-electron chi connectivity index (χ3n) is 1.35. The molecule has 11 heavy (non-hydrogen) atoms. The van der Waals surface area contributed by atoms with E-state index in [4.69, 9.17) is 0 Å². The molecule has 2 nitrogen and oxygen atoms in total. The molecule has 0 aliphatic carbocycles. The summed E-state index contributed by atoms with van der Waals surface area (Å²) in [5.41, 5.74) is 0. The predicted octanol–water partition coefficient (Wildman–Crippen LogP) is 1.78. The highest BCUT2D eigenvalue weighted by atomic mass is 32.1. The molecule has 70 valence electrons. The standard InChI is InChI=1S/C7H15NOS.H2S.H2/c1-5(2)4-7(8-10)6(3)9;;/h5,7-8,10H,4H2,1-3H3;1H2;1H/t7-;;/m1../s1. The van der Waals surface area contributed by atoms with Crippen LogP contribution in [0.3, 0.4) is 0 Å². The minimum atomic E-state index is -0.0802. The van der Waals surface area contributed by atoms with Crippen LogP contribution in [0.25, 0.3) is 0 Å². The summed E-state index contributed by atoms with van der Waals surface area (Å²) in [7, 11) is 0. The lowest BCUT2D eigenvalue weighted by Gasteiger charge is -2.13. The highest BCUT2D eigenvalue weighted by Gasteiger charge is 2.12. The first-order chi connectivity index (χ1) is 4.57. The van der Waals surface area contributed by atoms with E-state index in [-0.39, 0.29) is 26.7 Å². The number of thiol groups is 1. The normalized spacial score (nSPS) is 12.5. The van der Waals surface area contributed by atoms with Gasteiger partial charge in [0.1, 0.15) is 5.78 Å². The SMILES string of the molecule is CC(=O)[C@@H](CC(C)C)NS.S.[HH]. The summed E-state index contributed by atoms with van der Waals surface area (Å²) in [5.74, 6) is 0.692. The average molecular weight is 197 g/mol. The first-order valence-corrected chi connectivity index (χ1v) is 3.92. The molecule has 1 atom stereocenters. The molecular formula is C7H19NOS2. The second-order valence-corrected chi connectivity index (χ2v) is 3.18. The van der Waals surface area contributed by atoms with Crippen LogP contribution in [0.4, 0.5) is 0 Å². The highest BCUT2D eigenvalue weighted by Crippen LogP contribution is 2.05. The third kappa shape index (κ3) is 6.72. The molecule has 0 fully saturated rings. The highest BCUT2D eigenvalue weighted by molar-refractivity contribution is 7.78. The Morgan fingerprint density at radius 1 is 1.64 bits per heavy atom. The van der Waals surface area contributed by atoms with Crippen molar-refractivity contribution < 1.29 is 6.22 Å². The lowest BCUT2D eigenvalue weighted by molar-refractivity contribution is -0.118. The number of rotatable bonds is 4. The molecule has 0 rings (SSSR count). The van der Waals surface area contributed by atoms with Crippen LogP contribution < -0.4 is 4.72 Å². The molecule has 0 amide bonds. The summed E-state index contributed by atoms with van der Waals surface area (Å²) in [6.07, 6.45) is 0.860. The summed E-state index contributed by atoms with van der Waals surface area (Å²) >= 11 is 3.86. The molecule has 0 aromatic carbocycles. The Labute approximate surface area is 82.6 Å². The second-order valence-electron chi connectivity index (χ2n) is 2.92. The van der Waals surface area contributed by atoms with Crippen LogP contribution in [-0.2, 0) is 4.79 Å². The molecule has 0 heterocycles. The van der Waals surface area contributed by atoms with Crippen LogP contribution in [0, 0.1) is 5.92 Å². The molecular weight excluding hydrogens is 178 g/mol. The average Bonchev–Trinajstić information content (AvgIpc) is 1.81. The molecule has 0 saturated carbocycles. The van der Waals surface area contributed by atoms with Crippen LogP contribution in [-0.4, -0.2) is 11.8 Å². The molecule has 1 N–H and O–H groups in total. The van der Waals surface area contributed by atoms with Gasteiger partial charge in [-0.05, 0) is 19.3 Å². The fourth-order valence-corrected chi connectivity index (χ4v) is 1.07. The van der Waals surface area contributed by atoms with Crippen molar-refractivity contribution in [2.75, 3.05) is 0 Å². The van der Waals surface area contributed by atoms with Crippen molar-refractivity contribution in [1.82, 2.24) is 4.72 Å².